The predicted molar refractivity (Wildman–Crippen MR) is 140 cm³/mol. The maximum atomic E-state index is 6.39. The molecule has 0 radical (unpaired) electrons. The van der Waals surface area contributed by atoms with E-state index in [0.29, 0.717) is 6.61 Å². The fourth-order valence-corrected chi connectivity index (χ4v) is 4.98. The summed E-state index contributed by atoms with van der Waals surface area (Å²) in [5, 5.41) is 2.87. The van der Waals surface area contributed by atoms with Gasteiger partial charge in [-0.05, 0) is 53.1 Å². The second-order valence-electron chi connectivity index (χ2n) is 8.03. The van der Waals surface area contributed by atoms with Gasteiger partial charge in [0.25, 0.3) is 0 Å². The number of benzene rings is 4. The van der Waals surface area contributed by atoms with Gasteiger partial charge in [0, 0.05) is 21.7 Å². The van der Waals surface area contributed by atoms with Crippen molar-refractivity contribution in [2.45, 2.75) is 6.61 Å². The minimum absolute atomic E-state index is 0.472. The first-order chi connectivity index (χ1) is 16.8. The van der Waals surface area contributed by atoms with E-state index in [9.17, 15) is 0 Å². The Bertz CT molecular complexity index is 1570. The Balaban J connectivity index is 1.27. The lowest BCUT2D eigenvalue weighted by Crippen LogP contribution is -1.95. The van der Waals surface area contributed by atoms with Crippen LogP contribution in [0.5, 0.6) is 16.6 Å². The number of hydrogen-bond donors (Lipinski definition) is 0. The largest absolute Gasteiger partial charge is 0.476 e. The summed E-state index contributed by atoms with van der Waals surface area (Å²) in [6.07, 6.45) is 1.80. The zero-order valence-corrected chi connectivity index (χ0v) is 19.2. The third kappa shape index (κ3) is 4.12. The van der Waals surface area contributed by atoms with Gasteiger partial charge in [0.15, 0.2) is 5.75 Å². The van der Waals surface area contributed by atoms with E-state index < -0.39 is 0 Å². The number of thiophene rings is 1. The molecule has 2 heterocycles. The highest BCUT2D eigenvalue weighted by atomic mass is 32.1. The molecule has 4 heteroatoms. The standard InChI is InChI=1S/C30H21NO2S/c1-2-7-22(8-3-1)23-14-12-21(13-15-23)20-32-30-29(26-10-4-5-11-28(26)34-30)33-25-16-17-27-24(19-25)9-6-18-31-27/h1-19H,20H2. The van der Waals surface area contributed by atoms with E-state index in [-0.39, 0.29) is 0 Å². The van der Waals surface area contributed by atoms with E-state index in [1.165, 1.54) is 11.1 Å². The van der Waals surface area contributed by atoms with Crippen LogP contribution in [0.15, 0.2) is 115 Å². The van der Waals surface area contributed by atoms with Gasteiger partial charge in [-0.15, -0.1) is 0 Å². The second-order valence-corrected chi connectivity index (χ2v) is 9.04. The summed E-state index contributed by atoms with van der Waals surface area (Å²) in [5.41, 5.74) is 4.46. The van der Waals surface area contributed by atoms with Crippen LogP contribution in [0.25, 0.3) is 32.1 Å². The molecule has 3 nitrogen and oxygen atoms in total. The number of aromatic nitrogens is 1. The maximum Gasteiger partial charge on any atom is 0.219 e. The lowest BCUT2D eigenvalue weighted by molar-refractivity contribution is 0.302. The summed E-state index contributed by atoms with van der Waals surface area (Å²) in [6, 6.07) is 37.1. The van der Waals surface area contributed by atoms with Gasteiger partial charge in [0.05, 0.1) is 5.52 Å². The SMILES string of the molecule is c1ccc(-c2ccc(COc3sc4ccccc4c3Oc3ccc4ncccc4c3)cc2)cc1. The molecule has 6 aromatic rings. The summed E-state index contributed by atoms with van der Waals surface area (Å²) in [6.45, 7) is 0.472. The van der Waals surface area contributed by atoms with Gasteiger partial charge < -0.3 is 9.47 Å². The van der Waals surface area contributed by atoms with Crippen LogP contribution < -0.4 is 9.47 Å². The highest BCUT2D eigenvalue weighted by Gasteiger charge is 2.16. The van der Waals surface area contributed by atoms with Crippen molar-refractivity contribution in [3.05, 3.63) is 121 Å². The first-order valence-corrected chi connectivity index (χ1v) is 12.0. The zero-order chi connectivity index (χ0) is 22.7. The van der Waals surface area contributed by atoms with Crippen molar-refractivity contribution in [3.8, 4) is 27.7 Å². The molecule has 0 unspecified atom stereocenters. The summed E-state index contributed by atoms with van der Waals surface area (Å²) in [5.74, 6) is 1.52. The number of hydrogen-bond acceptors (Lipinski definition) is 4. The smallest absolute Gasteiger partial charge is 0.219 e. The van der Waals surface area contributed by atoms with Crippen LogP contribution in [0.1, 0.15) is 5.56 Å². The van der Waals surface area contributed by atoms with Gasteiger partial charge in [-0.3, -0.25) is 4.98 Å². The van der Waals surface area contributed by atoms with Crippen LogP contribution in [0.3, 0.4) is 0 Å². The molecule has 0 amide bonds. The molecular weight excluding hydrogens is 438 g/mol. The molecule has 0 aliphatic carbocycles. The second kappa shape index (κ2) is 9.00. The Morgan fingerprint density at radius 2 is 1.50 bits per heavy atom. The summed E-state index contributed by atoms with van der Waals surface area (Å²) < 4.78 is 13.8. The Labute approximate surface area is 201 Å². The average Bonchev–Trinajstić information content (AvgIpc) is 3.25. The fraction of sp³-hybridized carbons (Fsp3) is 0.0333. The Morgan fingerprint density at radius 3 is 2.38 bits per heavy atom. The van der Waals surface area contributed by atoms with E-state index in [0.717, 1.165) is 43.1 Å². The van der Waals surface area contributed by atoms with Gasteiger partial charge >= 0.3 is 0 Å². The number of pyridine rings is 1. The van der Waals surface area contributed by atoms with Crippen molar-refractivity contribution >= 4 is 32.3 Å². The molecule has 0 spiro atoms. The number of nitrogens with zero attached hydrogens (tertiary/aromatic N) is 1. The van der Waals surface area contributed by atoms with Crippen molar-refractivity contribution in [1.29, 1.82) is 0 Å². The highest BCUT2D eigenvalue weighted by molar-refractivity contribution is 7.21. The van der Waals surface area contributed by atoms with Gasteiger partial charge in [0.2, 0.25) is 5.06 Å². The van der Waals surface area contributed by atoms with Crippen molar-refractivity contribution in [1.82, 2.24) is 4.98 Å². The van der Waals surface area contributed by atoms with Crippen molar-refractivity contribution in [2.24, 2.45) is 0 Å². The number of fused-ring (bicyclic) bond motifs is 2. The molecule has 0 aliphatic heterocycles. The number of ether oxygens (including phenoxy) is 2. The van der Waals surface area contributed by atoms with Gasteiger partial charge in [-0.25, -0.2) is 0 Å². The molecule has 6 rings (SSSR count). The lowest BCUT2D eigenvalue weighted by Gasteiger charge is -2.10. The maximum absolute atomic E-state index is 6.39. The van der Waals surface area contributed by atoms with Crippen LogP contribution in [-0.4, -0.2) is 4.98 Å². The Hall–Kier alpha value is -4.15. The van der Waals surface area contributed by atoms with Crippen LogP contribution >= 0.6 is 11.3 Å². The van der Waals surface area contributed by atoms with Crippen molar-refractivity contribution < 1.29 is 9.47 Å². The monoisotopic (exact) mass is 459 g/mol. The van der Waals surface area contributed by atoms with Crippen molar-refractivity contribution in [3.63, 3.8) is 0 Å². The third-order valence-electron chi connectivity index (χ3n) is 5.75. The first kappa shape index (κ1) is 20.5. The summed E-state index contributed by atoms with van der Waals surface area (Å²) >= 11 is 1.61. The molecule has 0 saturated heterocycles. The lowest BCUT2D eigenvalue weighted by atomic mass is 10.0. The average molecular weight is 460 g/mol. The van der Waals surface area contributed by atoms with Crippen LogP contribution in [0.2, 0.25) is 0 Å². The molecule has 0 atom stereocenters. The molecule has 0 saturated carbocycles. The quantitative estimate of drug-likeness (QED) is 0.250. The minimum Gasteiger partial charge on any atom is -0.476 e. The normalized spacial score (nSPS) is 11.1. The van der Waals surface area contributed by atoms with Crippen molar-refractivity contribution in [2.75, 3.05) is 0 Å². The van der Waals surface area contributed by atoms with E-state index in [4.69, 9.17) is 9.47 Å². The molecular formula is C30H21NO2S. The molecule has 0 fully saturated rings. The van der Waals surface area contributed by atoms with Crippen LogP contribution in [0.4, 0.5) is 0 Å². The van der Waals surface area contributed by atoms with Gasteiger partial charge in [0.1, 0.15) is 12.4 Å². The topological polar surface area (TPSA) is 31.4 Å². The van der Waals surface area contributed by atoms with E-state index in [2.05, 4.69) is 65.6 Å². The molecule has 34 heavy (non-hydrogen) atoms. The number of rotatable bonds is 6. The van der Waals surface area contributed by atoms with E-state index in [1.54, 1.807) is 17.5 Å². The predicted octanol–water partition coefficient (Wildman–Crippen LogP) is 8.49. The molecule has 0 aliphatic rings. The molecule has 0 N–H and O–H groups in total. The van der Waals surface area contributed by atoms with E-state index in [1.807, 2.05) is 48.5 Å². The summed E-state index contributed by atoms with van der Waals surface area (Å²) in [4.78, 5) is 4.40. The zero-order valence-electron chi connectivity index (χ0n) is 18.3. The molecule has 2 aromatic heterocycles. The Morgan fingerprint density at radius 1 is 0.706 bits per heavy atom. The Kier molecular flexibility index (Phi) is 5.42. The minimum atomic E-state index is 0.472. The highest BCUT2D eigenvalue weighted by Crippen LogP contribution is 2.46. The van der Waals surface area contributed by atoms with Gasteiger partial charge in [-0.2, -0.15) is 0 Å². The fourth-order valence-electron chi connectivity index (χ4n) is 4.00. The van der Waals surface area contributed by atoms with Gasteiger partial charge in [-0.1, -0.05) is 84.1 Å². The van der Waals surface area contributed by atoms with Crippen LogP contribution in [0, 0.1) is 0 Å². The molecule has 164 valence electrons. The molecule has 0 bridgehead atoms. The molecule has 4 aromatic carbocycles. The third-order valence-corrected chi connectivity index (χ3v) is 6.81. The summed E-state index contributed by atoms with van der Waals surface area (Å²) in [7, 11) is 0. The van der Waals surface area contributed by atoms with Crippen LogP contribution in [-0.2, 0) is 6.61 Å². The van der Waals surface area contributed by atoms with E-state index >= 15 is 0 Å². The first-order valence-electron chi connectivity index (χ1n) is 11.1.